The zero-order chi connectivity index (χ0) is 21.0. The lowest BCUT2D eigenvalue weighted by atomic mass is 9.96. The van der Waals surface area contributed by atoms with E-state index in [0.717, 1.165) is 25.7 Å². The van der Waals surface area contributed by atoms with Crippen molar-refractivity contribution in [3.8, 4) is 0 Å². The van der Waals surface area contributed by atoms with Crippen LogP contribution in [0.25, 0.3) is 0 Å². The summed E-state index contributed by atoms with van der Waals surface area (Å²) in [5, 5.41) is 16.0. The number of hydrogen-bond acceptors (Lipinski definition) is 4. The molecule has 3 N–H and O–H groups in total. The molecule has 0 aromatic heterocycles. The summed E-state index contributed by atoms with van der Waals surface area (Å²) in [4.78, 5) is 27.0. The van der Waals surface area contributed by atoms with Crippen molar-refractivity contribution >= 4 is 17.5 Å². The molecule has 0 bridgehead atoms. The number of likely N-dealkylation sites (tertiary alicyclic amines) is 1. The molecule has 2 aromatic rings. The predicted octanol–water partition coefficient (Wildman–Crippen LogP) is 2.54. The minimum absolute atomic E-state index is 0.0693. The Labute approximate surface area is 177 Å². The standard InChI is InChI=1S/C24H29N3O3/c28-19-9-6-14-27(16-19)23(30)20-10-4-5-11-21(20)25-15-22(29)26-17-24(12-13-24)18-7-2-1-3-8-18/h1-5,7-8,10-11,19,25,28H,6,9,12-17H2,(H,26,29). The molecule has 0 radical (unpaired) electrons. The lowest BCUT2D eigenvalue weighted by Crippen LogP contribution is -2.42. The van der Waals surface area contributed by atoms with E-state index in [1.807, 2.05) is 36.4 Å². The van der Waals surface area contributed by atoms with Gasteiger partial charge in [-0.1, -0.05) is 42.5 Å². The molecule has 2 fully saturated rings. The molecule has 6 heteroatoms. The number of nitrogens with one attached hydrogen (secondary N) is 2. The van der Waals surface area contributed by atoms with E-state index in [4.69, 9.17) is 0 Å². The van der Waals surface area contributed by atoms with Gasteiger partial charge in [0, 0.05) is 30.7 Å². The third-order valence-corrected chi connectivity index (χ3v) is 6.14. The molecule has 2 aliphatic rings. The van der Waals surface area contributed by atoms with Crippen molar-refractivity contribution in [1.82, 2.24) is 10.2 Å². The maximum absolute atomic E-state index is 12.9. The Balaban J connectivity index is 1.33. The number of carbonyl (C=O) groups is 2. The molecule has 1 aliphatic carbocycles. The fourth-order valence-electron chi connectivity index (χ4n) is 4.15. The van der Waals surface area contributed by atoms with Crippen molar-refractivity contribution in [3.63, 3.8) is 0 Å². The molecule has 1 saturated heterocycles. The summed E-state index contributed by atoms with van der Waals surface area (Å²) < 4.78 is 0. The van der Waals surface area contributed by atoms with Crippen LogP contribution in [-0.2, 0) is 10.2 Å². The summed E-state index contributed by atoms with van der Waals surface area (Å²) in [6.45, 7) is 1.74. The number of carbonyl (C=O) groups excluding carboxylic acids is 2. The molecule has 2 aromatic carbocycles. The van der Waals surface area contributed by atoms with Crippen molar-refractivity contribution in [2.45, 2.75) is 37.2 Å². The Morgan fingerprint density at radius 3 is 2.53 bits per heavy atom. The number of nitrogens with zero attached hydrogens (tertiary/aromatic N) is 1. The van der Waals surface area contributed by atoms with E-state index in [1.54, 1.807) is 11.0 Å². The van der Waals surface area contributed by atoms with E-state index < -0.39 is 6.10 Å². The Kier molecular flexibility index (Phi) is 6.04. The first-order chi connectivity index (χ1) is 14.6. The molecule has 30 heavy (non-hydrogen) atoms. The molecule has 4 rings (SSSR count). The number of hydrogen-bond donors (Lipinski definition) is 3. The van der Waals surface area contributed by atoms with Crippen molar-refractivity contribution in [3.05, 3.63) is 65.7 Å². The zero-order valence-corrected chi connectivity index (χ0v) is 17.1. The molecular formula is C24H29N3O3. The van der Waals surface area contributed by atoms with Gasteiger partial charge < -0.3 is 20.6 Å². The van der Waals surface area contributed by atoms with Crippen LogP contribution in [0.2, 0.25) is 0 Å². The Hall–Kier alpha value is -2.86. The van der Waals surface area contributed by atoms with Gasteiger partial charge in [0.2, 0.25) is 5.91 Å². The summed E-state index contributed by atoms with van der Waals surface area (Å²) in [6.07, 6.45) is 3.24. The van der Waals surface area contributed by atoms with Gasteiger partial charge in [0.15, 0.2) is 0 Å². The highest BCUT2D eigenvalue weighted by atomic mass is 16.3. The van der Waals surface area contributed by atoms with E-state index in [2.05, 4.69) is 22.8 Å². The molecule has 0 spiro atoms. The number of amides is 2. The number of rotatable bonds is 7. The average molecular weight is 408 g/mol. The highest BCUT2D eigenvalue weighted by Crippen LogP contribution is 2.47. The summed E-state index contributed by atoms with van der Waals surface area (Å²) in [6, 6.07) is 17.6. The van der Waals surface area contributed by atoms with E-state index in [1.165, 1.54) is 5.56 Å². The third-order valence-electron chi connectivity index (χ3n) is 6.14. The number of para-hydroxylation sites is 1. The molecule has 1 aliphatic heterocycles. The number of anilines is 1. The second-order valence-electron chi connectivity index (χ2n) is 8.37. The Morgan fingerprint density at radius 1 is 1.07 bits per heavy atom. The monoisotopic (exact) mass is 407 g/mol. The highest BCUT2D eigenvalue weighted by Gasteiger charge is 2.44. The summed E-state index contributed by atoms with van der Waals surface area (Å²) in [5.74, 6) is -0.203. The van der Waals surface area contributed by atoms with Gasteiger partial charge in [0.05, 0.1) is 18.2 Å². The van der Waals surface area contributed by atoms with E-state index >= 15 is 0 Å². The molecular weight excluding hydrogens is 378 g/mol. The lowest BCUT2D eigenvalue weighted by Gasteiger charge is -2.30. The predicted molar refractivity (Wildman–Crippen MR) is 116 cm³/mol. The Morgan fingerprint density at radius 2 is 1.80 bits per heavy atom. The van der Waals surface area contributed by atoms with Gasteiger partial charge >= 0.3 is 0 Å². The molecule has 1 heterocycles. The molecule has 6 nitrogen and oxygen atoms in total. The van der Waals surface area contributed by atoms with Crippen LogP contribution in [-0.4, -0.2) is 54.1 Å². The van der Waals surface area contributed by atoms with E-state index in [9.17, 15) is 14.7 Å². The van der Waals surface area contributed by atoms with Crippen LogP contribution in [0.5, 0.6) is 0 Å². The van der Waals surface area contributed by atoms with Crippen molar-refractivity contribution in [2.75, 3.05) is 31.5 Å². The van der Waals surface area contributed by atoms with Crippen molar-refractivity contribution in [2.24, 2.45) is 0 Å². The SMILES string of the molecule is O=C(CNc1ccccc1C(=O)N1CCCC(O)C1)NCC1(c2ccccc2)CC1. The lowest BCUT2D eigenvalue weighted by molar-refractivity contribution is -0.119. The van der Waals surface area contributed by atoms with Gasteiger partial charge in [0.1, 0.15) is 0 Å². The largest absolute Gasteiger partial charge is 0.391 e. The number of piperidine rings is 1. The van der Waals surface area contributed by atoms with Gasteiger partial charge in [-0.05, 0) is 43.4 Å². The second kappa shape index (κ2) is 8.88. The van der Waals surface area contributed by atoms with Crippen LogP contribution in [0.3, 0.4) is 0 Å². The number of β-amino-alcohol motifs (C(OH)–C–C–N with tert-alkyl or cyclic N) is 1. The summed E-state index contributed by atoms with van der Waals surface area (Å²) in [7, 11) is 0. The van der Waals surface area contributed by atoms with Crippen LogP contribution < -0.4 is 10.6 Å². The normalized spacial score (nSPS) is 19.8. The summed E-state index contributed by atoms with van der Waals surface area (Å²) in [5.41, 5.74) is 2.52. The average Bonchev–Trinajstić information content (AvgIpc) is 3.58. The number of benzene rings is 2. The molecule has 1 atom stereocenters. The number of aliphatic hydroxyl groups excluding tert-OH is 1. The Bertz CT molecular complexity index is 896. The quantitative estimate of drug-likeness (QED) is 0.659. The van der Waals surface area contributed by atoms with Gasteiger partial charge in [-0.15, -0.1) is 0 Å². The minimum Gasteiger partial charge on any atom is -0.391 e. The van der Waals surface area contributed by atoms with Gasteiger partial charge in [-0.3, -0.25) is 9.59 Å². The second-order valence-corrected chi connectivity index (χ2v) is 8.37. The highest BCUT2D eigenvalue weighted by molar-refractivity contribution is 6.00. The van der Waals surface area contributed by atoms with E-state index in [0.29, 0.717) is 30.9 Å². The fraction of sp³-hybridized carbons (Fsp3) is 0.417. The zero-order valence-electron chi connectivity index (χ0n) is 17.1. The van der Waals surface area contributed by atoms with Crippen molar-refractivity contribution < 1.29 is 14.7 Å². The molecule has 1 unspecified atom stereocenters. The molecule has 1 saturated carbocycles. The van der Waals surface area contributed by atoms with Crippen LogP contribution >= 0.6 is 0 Å². The third kappa shape index (κ3) is 4.65. The first-order valence-corrected chi connectivity index (χ1v) is 10.7. The van der Waals surface area contributed by atoms with Crippen LogP contribution in [0.4, 0.5) is 5.69 Å². The van der Waals surface area contributed by atoms with Gasteiger partial charge in [-0.2, -0.15) is 0 Å². The molecule has 158 valence electrons. The maximum Gasteiger partial charge on any atom is 0.256 e. The minimum atomic E-state index is -0.465. The van der Waals surface area contributed by atoms with Crippen molar-refractivity contribution in [1.29, 1.82) is 0 Å². The van der Waals surface area contributed by atoms with Crippen LogP contribution in [0.1, 0.15) is 41.6 Å². The smallest absolute Gasteiger partial charge is 0.256 e. The first kappa shape index (κ1) is 20.4. The summed E-state index contributed by atoms with van der Waals surface area (Å²) >= 11 is 0. The maximum atomic E-state index is 12.9. The molecule has 2 amide bonds. The van der Waals surface area contributed by atoms with Crippen LogP contribution in [0.15, 0.2) is 54.6 Å². The number of aliphatic hydroxyl groups is 1. The van der Waals surface area contributed by atoms with Gasteiger partial charge in [-0.25, -0.2) is 0 Å². The topological polar surface area (TPSA) is 81.7 Å². The van der Waals surface area contributed by atoms with Crippen LogP contribution in [0, 0.1) is 0 Å². The fourth-order valence-corrected chi connectivity index (χ4v) is 4.15. The van der Waals surface area contributed by atoms with E-state index in [-0.39, 0.29) is 23.8 Å². The first-order valence-electron chi connectivity index (χ1n) is 10.7. The van der Waals surface area contributed by atoms with Gasteiger partial charge in [0.25, 0.3) is 5.91 Å².